The van der Waals surface area contributed by atoms with Crippen LogP contribution >= 0.6 is 24.0 Å². The van der Waals surface area contributed by atoms with Crippen LogP contribution in [0.3, 0.4) is 0 Å². The normalized spacial score (nSPS) is 15.7. The van der Waals surface area contributed by atoms with Crippen molar-refractivity contribution >= 4 is 51.9 Å². The molecule has 0 N–H and O–H groups in total. The Morgan fingerprint density at radius 2 is 1.96 bits per heavy atom. The molecule has 1 saturated heterocycles. The maximum absolute atomic E-state index is 12.7. The van der Waals surface area contributed by atoms with E-state index in [2.05, 4.69) is 0 Å². The van der Waals surface area contributed by atoms with Crippen LogP contribution in [-0.2, 0) is 4.79 Å². The molecule has 7 heteroatoms. The second-order valence-corrected chi connectivity index (χ2v) is 6.80. The predicted octanol–water partition coefficient (Wildman–Crippen LogP) is 2.46. The minimum absolute atomic E-state index is 0.0427. The first-order valence-electron chi connectivity index (χ1n) is 7.23. The van der Waals surface area contributed by atoms with Crippen molar-refractivity contribution in [3.63, 3.8) is 0 Å². The third kappa shape index (κ3) is 3.57. The highest BCUT2D eigenvalue weighted by atomic mass is 32.2. The maximum Gasteiger partial charge on any atom is 0.270 e. The topological polar surface area (TPSA) is 69.7 Å². The first-order valence-corrected chi connectivity index (χ1v) is 8.45. The lowest BCUT2D eigenvalue weighted by Crippen LogP contribution is -2.28. The molecule has 0 radical (unpaired) electrons. The van der Waals surface area contributed by atoms with Gasteiger partial charge in [0.2, 0.25) is 0 Å². The molecule has 1 amide bonds. The van der Waals surface area contributed by atoms with Gasteiger partial charge in [0.05, 0.1) is 23.7 Å². The molecule has 1 heterocycles. The number of carboxylic acids is 1. The largest absolute Gasteiger partial charge is 0.545 e. The van der Waals surface area contributed by atoms with E-state index in [-0.39, 0.29) is 11.5 Å². The number of rotatable bonds is 4. The van der Waals surface area contributed by atoms with Crippen molar-refractivity contribution in [2.75, 3.05) is 12.0 Å². The lowest BCUT2D eigenvalue weighted by molar-refractivity contribution is -0.255. The minimum atomic E-state index is -1.27. The summed E-state index contributed by atoms with van der Waals surface area (Å²) in [5.41, 5.74) is 1.38. The molecule has 0 unspecified atom stereocenters. The number of anilines is 1. The van der Waals surface area contributed by atoms with Crippen LogP contribution in [0.15, 0.2) is 53.4 Å². The molecule has 25 heavy (non-hydrogen) atoms. The van der Waals surface area contributed by atoms with E-state index in [9.17, 15) is 14.7 Å². The van der Waals surface area contributed by atoms with E-state index in [4.69, 9.17) is 17.0 Å². The highest BCUT2D eigenvalue weighted by molar-refractivity contribution is 8.27. The van der Waals surface area contributed by atoms with Gasteiger partial charge in [0, 0.05) is 0 Å². The number of hydrogen-bond acceptors (Lipinski definition) is 6. The van der Waals surface area contributed by atoms with Gasteiger partial charge in [-0.15, -0.1) is 0 Å². The Morgan fingerprint density at radius 1 is 1.24 bits per heavy atom. The number of thiocarbonyl (C=S) groups is 1. The number of ether oxygens (including phenoxy) is 1. The monoisotopic (exact) mass is 370 g/mol. The molecule has 0 saturated carbocycles. The van der Waals surface area contributed by atoms with Gasteiger partial charge in [-0.3, -0.25) is 9.69 Å². The number of nitrogens with zero attached hydrogens (tertiary/aromatic N) is 1. The fourth-order valence-electron chi connectivity index (χ4n) is 2.32. The van der Waals surface area contributed by atoms with Crippen LogP contribution in [-0.4, -0.2) is 23.3 Å². The SMILES string of the molecule is COc1cccc(/C=C2/SC(=S)N(c3ccc(C(=O)[O-])cc3)C2=O)c1. The Balaban J connectivity index is 1.89. The van der Waals surface area contributed by atoms with E-state index < -0.39 is 5.97 Å². The molecule has 1 aliphatic rings. The number of methoxy groups -OCH3 is 1. The molecule has 0 atom stereocenters. The van der Waals surface area contributed by atoms with Crippen LogP contribution in [0.25, 0.3) is 6.08 Å². The Kier molecular flexibility index (Phi) is 4.87. The Morgan fingerprint density at radius 3 is 2.60 bits per heavy atom. The summed E-state index contributed by atoms with van der Waals surface area (Å²) in [6.07, 6.45) is 1.75. The van der Waals surface area contributed by atoms with Crippen molar-refractivity contribution in [2.24, 2.45) is 0 Å². The molecule has 3 rings (SSSR count). The molecule has 1 aliphatic heterocycles. The highest BCUT2D eigenvalue weighted by Gasteiger charge is 2.33. The molecular weight excluding hydrogens is 358 g/mol. The summed E-state index contributed by atoms with van der Waals surface area (Å²) in [5, 5.41) is 10.8. The van der Waals surface area contributed by atoms with E-state index in [1.807, 2.05) is 24.3 Å². The highest BCUT2D eigenvalue weighted by Crippen LogP contribution is 2.36. The fraction of sp³-hybridized carbons (Fsp3) is 0.0556. The number of aromatic carboxylic acids is 1. The molecule has 0 bridgehead atoms. The van der Waals surface area contributed by atoms with Crippen LogP contribution in [0.5, 0.6) is 5.75 Å². The zero-order chi connectivity index (χ0) is 18.0. The summed E-state index contributed by atoms with van der Waals surface area (Å²) in [5.74, 6) is -0.823. The molecular formula is C18H12NO4S2-. The van der Waals surface area contributed by atoms with Crippen molar-refractivity contribution < 1.29 is 19.4 Å². The Hall–Kier alpha value is -2.64. The van der Waals surface area contributed by atoms with E-state index in [0.717, 1.165) is 5.56 Å². The van der Waals surface area contributed by atoms with Gasteiger partial charge in [-0.1, -0.05) is 48.2 Å². The summed E-state index contributed by atoms with van der Waals surface area (Å²) in [7, 11) is 1.58. The van der Waals surface area contributed by atoms with Gasteiger partial charge in [-0.25, -0.2) is 0 Å². The van der Waals surface area contributed by atoms with Crippen molar-refractivity contribution in [1.29, 1.82) is 0 Å². The summed E-state index contributed by atoms with van der Waals surface area (Å²) >= 11 is 6.49. The lowest BCUT2D eigenvalue weighted by Gasteiger charge is -2.15. The standard InChI is InChI=1S/C18H13NO4S2/c1-23-14-4-2-3-11(9-14)10-15-16(20)19(18(24)25-15)13-7-5-12(6-8-13)17(21)22/h2-10H,1H3,(H,21,22)/p-1/b15-10+. The van der Waals surface area contributed by atoms with E-state index in [0.29, 0.717) is 20.7 Å². The van der Waals surface area contributed by atoms with Crippen LogP contribution < -0.4 is 14.7 Å². The number of thioether (sulfide) groups is 1. The van der Waals surface area contributed by atoms with Crippen LogP contribution in [0.1, 0.15) is 15.9 Å². The van der Waals surface area contributed by atoms with E-state index >= 15 is 0 Å². The predicted molar refractivity (Wildman–Crippen MR) is 99.4 cm³/mol. The van der Waals surface area contributed by atoms with Gasteiger partial charge in [-0.2, -0.15) is 0 Å². The summed E-state index contributed by atoms with van der Waals surface area (Å²) in [4.78, 5) is 25.4. The van der Waals surface area contributed by atoms with Gasteiger partial charge in [0.1, 0.15) is 5.75 Å². The van der Waals surface area contributed by atoms with Crippen molar-refractivity contribution in [1.82, 2.24) is 0 Å². The second kappa shape index (κ2) is 7.08. The smallest absolute Gasteiger partial charge is 0.270 e. The molecule has 2 aromatic rings. The molecule has 2 aromatic carbocycles. The zero-order valence-electron chi connectivity index (χ0n) is 13.1. The van der Waals surface area contributed by atoms with Gasteiger partial charge in [-0.05, 0) is 41.5 Å². The first-order chi connectivity index (χ1) is 12.0. The van der Waals surface area contributed by atoms with Crippen LogP contribution in [0.4, 0.5) is 5.69 Å². The third-order valence-electron chi connectivity index (χ3n) is 3.55. The third-order valence-corrected chi connectivity index (χ3v) is 4.85. The van der Waals surface area contributed by atoms with Crippen molar-refractivity contribution in [3.05, 3.63) is 64.6 Å². The molecule has 0 aliphatic carbocycles. The Labute approximate surface area is 153 Å². The van der Waals surface area contributed by atoms with E-state index in [1.165, 1.54) is 40.9 Å². The van der Waals surface area contributed by atoms with Crippen molar-refractivity contribution in [3.8, 4) is 5.75 Å². The Bertz CT molecular complexity index is 890. The van der Waals surface area contributed by atoms with Crippen molar-refractivity contribution in [2.45, 2.75) is 0 Å². The zero-order valence-corrected chi connectivity index (χ0v) is 14.7. The lowest BCUT2D eigenvalue weighted by atomic mass is 10.2. The second-order valence-electron chi connectivity index (χ2n) is 5.13. The van der Waals surface area contributed by atoms with Gasteiger partial charge in [0.25, 0.3) is 5.91 Å². The molecule has 1 fully saturated rings. The van der Waals surface area contributed by atoms with Gasteiger partial charge < -0.3 is 14.6 Å². The quantitative estimate of drug-likeness (QED) is 0.608. The minimum Gasteiger partial charge on any atom is -0.545 e. The number of amides is 1. The molecule has 126 valence electrons. The van der Waals surface area contributed by atoms with Gasteiger partial charge in [0.15, 0.2) is 4.32 Å². The first kappa shape index (κ1) is 17.2. The van der Waals surface area contributed by atoms with Crippen LogP contribution in [0, 0.1) is 0 Å². The molecule has 5 nitrogen and oxygen atoms in total. The number of benzene rings is 2. The molecule has 0 aromatic heterocycles. The summed E-state index contributed by atoms with van der Waals surface area (Å²) in [6, 6.07) is 13.2. The fourth-order valence-corrected chi connectivity index (χ4v) is 3.62. The number of carboxylic acid groups (broad SMARTS) is 1. The van der Waals surface area contributed by atoms with Gasteiger partial charge >= 0.3 is 0 Å². The number of carbonyl (C=O) groups is 2. The number of hydrogen-bond donors (Lipinski definition) is 0. The number of carbonyl (C=O) groups excluding carboxylic acids is 2. The average Bonchev–Trinajstić information content (AvgIpc) is 2.88. The maximum atomic E-state index is 12.7. The van der Waals surface area contributed by atoms with Crippen LogP contribution in [0.2, 0.25) is 0 Å². The molecule has 0 spiro atoms. The average molecular weight is 370 g/mol. The van der Waals surface area contributed by atoms with E-state index in [1.54, 1.807) is 13.2 Å². The summed E-state index contributed by atoms with van der Waals surface area (Å²) < 4.78 is 5.57. The summed E-state index contributed by atoms with van der Waals surface area (Å²) in [6.45, 7) is 0.